The fraction of sp³-hybridized carbons (Fsp3) is 0.429. The molecule has 4 heteroatoms. The Kier molecular flexibility index (Phi) is 2.58. The number of aromatic nitrogens is 2. The summed E-state index contributed by atoms with van der Waals surface area (Å²) in [5.74, 6) is 0.385. The average molecular weight is 244 g/mol. The quantitative estimate of drug-likeness (QED) is 0.883. The molecular weight excluding hydrogens is 228 g/mol. The maximum absolute atomic E-state index is 11.3. The zero-order valence-corrected chi connectivity index (χ0v) is 10.4. The molecule has 0 aromatic carbocycles. The third-order valence-electron chi connectivity index (χ3n) is 3.75. The Morgan fingerprint density at radius 2 is 2.17 bits per heavy atom. The van der Waals surface area contributed by atoms with Gasteiger partial charge in [0.05, 0.1) is 5.52 Å². The van der Waals surface area contributed by atoms with Crippen LogP contribution < -0.4 is 0 Å². The van der Waals surface area contributed by atoms with Crippen molar-refractivity contribution < 1.29 is 9.90 Å². The second-order valence-electron chi connectivity index (χ2n) is 5.06. The molecule has 1 N–H and O–H groups in total. The maximum Gasteiger partial charge on any atom is 0.356 e. The summed E-state index contributed by atoms with van der Waals surface area (Å²) in [6.45, 7) is 1.97. The standard InChI is InChI=1S/C14H16N2O2/c1-9-6-7-16-11(8-9)12(14(17)18)15-13(16)10-4-2-3-5-10/h6-8,10H,2-5H2,1H3,(H,17,18). The summed E-state index contributed by atoms with van der Waals surface area (Å²) in [6, 6.07) is 3.90. The third kappa shape index (κ3) is 1.68. The van der Waals surface area contributed by atoms with Crippen molar-refractivity contribution in [2.45, 2.75) is 38.5 Å². The first-order valence-electron chi connectivity index (χ1n) is 6.38. The number of hydrogen-bond donors (Lipinski definition) is 1. The topological polar surface area (TPSA) is 54.6 Å². The number of fused-ring (bicyclic) bond motifs is 1. The van der Waals surface area contributed by atoms with Gasteiger partial charge in [-0.15, -0.1) is 0 Å². The first kappa shape index (κ1) is 11.3. The van der Waals surface area contributed by atoms with Gasteiger partial charge in [0.2, 0.25) is 0 Å². The van der Waals surface area contributed by atoms with E-state index in [1.807, 2.05) is 29.7 Å². The van der Waals surface area contributed by atoms with Crippen LogP contribution in [-0.2, 0) is 0 Å². The van der Waals surface area contributed by atoms with Gasteiger partial charge in [-0.3, -0.25) is 0 Å². The molecule has 4 nitrogen and oxygen atoms in total. The number of imidazole rings is 1. The fourth-order valence-corrected chi connectivity index (χ4v) is 2.84. The Labute approximate surface area is 105 Å². The molecule has 1 aliphatic rings. The molecule has 0 bridgehead atoms. The van der Waals surface area contributed by atoms with Crippen molar-refractivity contribution in [1.82, 2.24) is 9.38 Å². The highest BCUT2D eigenvalue weighted by Gasteiger charge is 2.25. The number of aromatic carboxylic acids is 1. The van der Waals surface area contributed by atoms with Gasteiger partial charge in [0, 0.05) is 12.1 Å². The van der Waals surface area contributed by atoms with Crippen molar-refractivity contribution in [3.63, 3.8) is 0 Å². The van der Waals surface area contributed by atoms with Crippen molar-refractivity contribution in [3.05, 3.63) is 35.4 Å². The SMILES string of the molecule is Cc1ccn2c(C3CCCC3)nc(C(=O)O)c2c1. The van der Waals surface area contributed by atoms with Gasteiger partial charge in [-0.1, -0.05) is 12.8 Å². The first-order valence-corrected chi connectivity index (χ1v) is 6.38. The monoisotopic (exact) mass is 244 g/mol. The molecule has 0 saturated heterocycles. The largest absolute Gasteiger partial charge is 0.476 e. The van der Waals surface area contributed by atoms with Crippen LogP contribution in [0.25, 0.3) is 5.52 Å². The van der Waals surface area contributed by atoms with Crippen LogP contribution in [0.15, 0.2) is 18.3 Å². The molecule has 94 valence electrons. The van der Waals surface area contributed by atoms with Crippen LogP contribution in [0.5, 0.6) is 0 Å². The van der Waals surface area contributed by atoms with E-state index in [0.29, 0.717) is 11.4 Å². The minimum atomic E-state index is -0.942. The van der Waals surface area contributed by atoms with E-state index in [2.05, 4.69) is 4.98 Å². The highest BCUT2D eigenvalue weighted by Crippen LogP contribution is 2.34. The molecule has 0 amide bonds. The molecule has 1 aliphatic carbocycles. The Balaban J connectivity index is 2.22. The van der Waals surface area contributed by atoms with Crippen LogP contribution in [0.3, 0.4) is 0 Å². The van der Waals surface area contributed by atoms with Crippen molar-refractivity contribution in [2.24, 2.45) is 0 Å². The van der Waals surface area contributed by atoms with E-state index in [1.54, 1.807) is 0 Å². The molecule has 1 saturated carbocycles. The lowest BCUT2D eigenvalue weighted by Crippen LogP contribution is -2.00. The highest BCUT2D eigenvalue weighted by atomic mass is 16.4. The molecule has 1 fully saturated rings. The minimum absolute atomic E-state index is 0.181. The average Bonchev–Trinajstić information content (AvgIpc) is 2.93. The highest BCUT2D eigenvalue weighted by molar-refractivity contribution is 5.93. The van der Waals surface area contributed by atoms with E-state index < -0.39 is 5.97 Å². The molecule has 0 radical (unpaired) electrons. The minimum Gasteiger partial charge on any atom is -0.476 e. The summed E-state index contributed by atoms with van der Waals surface area (Å²) >= 11 is 0. The lowest BCUT2D eigenvalue weighted by atomic mass is 10.1. The molecule has 0 atom stereocenters. The van der Waals surface area contributed by atoms with E-state index in [9.17, 15) is 9.90 Å². The van der Waals surface area contributed by atoms with Crippen LogP contribution in [-0.4, -0.2) is 20.5 Å². The van der Waals surface area contributed by atoms with E-state index in [-0.39, 0.29) is 5.69 Å². The first-order chi connectivity index (χ1) is 8.66. The van der Waals surface area contributed by atoms with Crippen LogP contribution >= 0.6 is 0 Å². The van der Waals surface area contributed by atoms with E-state index >= 15 is 0 Å². The Bertz CT molecular complexity index is 610. The number of nitrogens with zero attached hydrogens (tertiary/aromatic N) is 2. The van der Waals surface area contributed by atoms with Crippen LogP contribution in [0, 0.1) is 6.92 Å². The Morgan fingerprint density at radius 1 is 1.44 bits per heavy atom. The number of hydrogen-bond acceptors (Lipinski definition) is 2. The molecule has 3 rings (SSSR count). The summed E-state index contributed by atoms with van der Waals surface area (Å²) < 4.78 is 1.95. The van der Waals surface area contributed by atoms with Crippen molar-refractivity contribution in [2.75, 3.05) is 0 Å². The lowest BCUT2D eigenvalue weighted by Gasteiger charge is -2.07. The number of carbonyl (C=O) groups is 1. The van der Waals surface area contributed by atoms with Gasteiger partial charge in [0.15, 0.2) is 5.69 Å². The zero-order valence-electron chi connectivity index (χ0n) is 10.4. The number of rotatable bonds is 2. The van der Waals surface area contributed by atoms with Gasteiger partial charge in [-0.05, 0) is 37.5 Å². The number of pyridine rings is 1. The normalized spacial score (nSPS) is 16.5. The number of carboxylic acid groups (broad SMARTS) is 1. The molecule has 0 aliphatic heterocycles. The van der Waals surface area contributed by atoms with Crippen molar-refractivity contribution in [1.29, 1.82) is 0 Å². The second kappa shape index (κ2) is 4.12. The van der Waals surface area contributed by atoms with Gasteiger partial charge >= 0.3 is 5.97 Å². The molecule has 0 spiro atoms. The second-order valence-corrected chi connectivity index (χ2v) is 5.06. The predicted octanol–water partition coefficient (Wildman–Crippen LogP) is 3.00. The number of aryl methyl sites for hydroxylation is 1. The lowest BCUT2D eigenvalue weighted by molar-refractivity contribution is 0.0693. The summed E-state index contributed by atoms with van der Waals surface area (Å²) in [5, 5.41) is 9.25. The van der Waals surface area contributed by atoms with Crippen LogP contribution in [0.4, 0.5) is 0 Å². The van der Waals surface area contributed by atoms with E-state index in [4.69, 9.17) is 0 Å². The summed E-state index contributed by atoms with van der Waals surface area (Å²) in [6.07, 6.45) is 6.61. The van der Waals surface area contributed by atoms with Crippen LogP contribution in [0.1, 0.15) is 53.5 Å². The van der Waals surface area contributed by atoms with Crippen molar-refractivity contribution >= 4 is 11.5 Å². The Hall–Kier alpha value is -1.84. The fourth-order valence-electron chi connectivity index (χ4n) is 2.84. The van der Waals surface area contributed by atoms with Gasteiger partial charge in [0.25, 0.3) is 0 Å². The smallest absolute Gasteiger partial charge is 0.356 e. The molecule has 2 heterocycles. The van der Waals surface area contributed by atoms with Gasteiger partial charge in [-0.25, -0.2) is 9.78 Å². The Morgan fingerprint density at radius 3 is 2.83 bits per heavy atom. The third-order valence-corrected chi connectivity index (χ3v) is 3.75. The molecular formula is C14H16N2O2. The predicted molar refractivity (Wildman–Crippen MR) is 68.1 cm³/mol. The van der Waals surface area contributed by atoms with E-state index in [1.165, 1.54) is 12.8 Å². The van der Waals surface area contributed by atoms with Gasteiger partial charge in [0.1, 0.15) is 5.82 Å². The molecule has 2 aromatic heterocycles. The van der Waals surface area contributed by atoms with E-state index in [0.717, 1.165) is 24.2 Å². The maximum atomic E-state index is 11.3. The van der Waals surface area contributed by atoms with Gasteiger partial charge < -0.3 is 9.51 Å². The molecule has 18 heavy (non-hydrogen) atoms. The summed E-state index contributed by atoms with van der Waals surface area (Å²) in [7, 11) is 0. The zero-order chi connectivity index (χ0) is 12.7. The van der Waals surface area contributed by atoms with Crippen LogP contribution in [0.2, 0.25) is 0 Å². The van der Waals surface area contributed by atoms with Gasteiger partial charge in [-0.2, -0.15) is 0 Å². The summed E-state index contributed by atoms with van der Waals surface area (Å²) in [5.41, 5.74) is 1.95. The molecule has 2 aromatic rings. The summed E-state index contributed by atoms with van der Waals surface area (Å²) in [4.78, 5) is 15.7. The molecule has 0 unspecified atom stereocenters. The van der Waals surface area contributed by atoms with Crippen molar-refractivity contribution in [3.8, 4) is 0 Å². The number of carboxylic acids is 1.